The highest BCUT2D eigenvalue weighted by molar-refractivity contribution is 7.17. The number of nitrogens with one attached hydrogen (secondary N) is 2. The summed E-state index contributed by atoms with van der Waals surface area (Å²) >= 11 is 1.32. The number of carbonyl (C=O) groups excluding carboxylic acids is 2. The molecule has 0 unspecified atom stereocenters. The summed E-state index contributed by atoms with van der Waals surface area (Å²) in [5, 5.41) is 0.799. The Morgan fingerprint density at radius 3 is 2.69 bits per heavy atom. The van der Waals surface area contributed by atoms with Gasteiger partial charge in [0, 0.05) is 25.0 Å². The van der Waals surface area contributed by atoms with Gasteiger partial charge in [-0.3, -0.25) is 25.4 Å². The standard InChI is InChI=1S/C17H21N5O3S/c1-11-3-4-13(10-18-11)9-14(23)20-21-16(24)15-12(2)19-17(26-15)22-5-7-25-8-6-22/h3-4,10H,5-9H2,1-2H3,(H,20,23)(H,21,24). The molecule has 9 heteroatoms. The molecule has 8 nitrogen and oxygen atoms in total. The first-order chi connectivity index (χ1) is 12.5. The Hall–Kier alpha value is -2.52. The van der Waals surface area contributed by atoms with Gasteiger partial charge in [0.15, 0.2) is 5.13 Å². The van der Waals surface area contributed by atoms with Crippen LogP contribution >= 0.6 is 11.3 Å². The summed E-state index contributed by atoms with van der Waals surface area (Å²) in [6, 6.07) is 3.68. The predicted octanol–water partition coefficient (Wildman–Crippen LogP) is 0.995. The van der Waals surface area contributed by atoms with Crippen LogP contribution in [-0.2, 0) is 16.0 Å². The quantitative estimate of drug-likeness (QED) is 0.774. The molecule has 0 radical (unpaired) electrons. The number of rotatable bonds is 4. The van der Waals surface area contributed by atoms with Crippen LogP contribution < -0.4 is 15.8 Å². The number of aromatic nitrogens is 2. The molecule has 26 heavy (non-hydrogen) atoms. The lowest BCUT2D eigenvalue weighted by Crippen LogP contribution is -2.42. The maximum Gasteiger partial charge on any atom is 0.281 e. The molecule has 2 aromatic heterocycles. The van der Waals surface area contributed by atoms with Gasteiger partial charge in [0.1, 0.15) is 4.88 Å². The number of pyridine rings is 1. The first-order valence-electron chi connectivity index (χ1n) is 8.34. The van der Waals surface area contributed by atoms with Gasteiger partial charge < -0.3 is 9.64 Å². The van der Waals surface area contributed by atoms with E-state index in [2.05, 4.69) is 25.7 Å². The molecule has 2 aromatic rings. The third kappa shape index (κ3) is 4.55. The highest BCUT2D eigenvalue weighted by Gasteiger charge is 2.20. The van der Waals surface area contributed by atoms with Crippen molar-refractivity contribution in [3.05, 3.63) is 40.2 Å². The van der Waals surface area contributed by atoms with Crippen molar-refractivity contribution in [2.24, 2.45) is 0 Å². The Kier molecular flexibility index (Phi) is 5.79. The van der Waals surface area contributed by atoms with Gasteiger partial charge in [0.25, 0.3) is 5.91 Å². The lowest BCUT2D eigenvalue weighted by Gasteiger charge is -2.25. The number of aryl methyl sites for hydroxylation is 2. The van der Waals surface area contributed by atoms with Crippen molar-refractivity contribution in [2.45, 2.75) is 20.3 Å². The summed E-state index contributed by atoms with van der Waals surface area (Å²) in [4.78, 5) is 35.5. The number of ether oxygens (including phenoxy) is 1. The van der Waals surface area contributed by atoms with E-state index >= 15 is 0 Å². The third-order valence-electron chi connectivity index (χ3n) is 3.93. The molecule has 1 fully saturated rings. The molecule has 0 atom stereocenters. The van der Waals surface area contributed by atoms with Gasteiger partial charge >= 0.3 is 0 Å². The zero-order valence-electron chi connectivity index (χ0n) is 14.7. The second-order valence-corrected chi connectivity index (χ2v) is 6.97. The van der Waals surface area contributed by atoms with Gasteiger partial charge in [0.05, 0.1) is 25.3 Å². The van der Waals surface area contributed by atoms with Crippen molar-refractivity contribution in [2.75, 3.05) is 31.2 Å². The lowest BCUT2D eigenvalue weighted by atomic mass is 10.2. The largest absolute Gasteiger partial charge is 0.378 e. The molecule has 1 aliphatic rings. The van der Waals surface area contributed by atoms with Crippen LogP contribution in [0.4, 0.5) is 5.13 Å². The maximum absolute atomic E-state index is 12.4. The van der Waals surface area contributed by atoms with Crippen LogP contribution in [0.15, 0.2) is 18.3 Å². The lowest BCUT2D eigenvalue weighted by molar-refractivity contribution is -0.121. The molecular weight excluding hydrogens is 354 g/mol. The van der Waals surface area contributed by atoms with E-state index in [0.717, 1.165) is 29.5 Å². The number of hydrazine groups is 1. The Morgan fingerprint density at radius 2 is 2.00 bits per heavy atom. The summed E-state index contributed by atoms with van der Waals surface area (Å²) in [7, 11) is 0. The Bertz CT molecular complexity index is 784. The maximum atomic E-state index is 12.4. The van der Waals surface area contributed by atoms with Gasteiger partial charge in [-0.2, -0.15) is 0 Å². The molecule has 1 aliphatic heterocycles. The number of carbonyl (C=O) groups is 2. The SMILES string of the molecule is Cc1ccc(CC(=O)NNC(=O)c2sc(N3CCOCC3)nc2C)cn1. The van der Waals surface area contributed by atoms with Crippen molar-refractivity contribution < 1.29 is 14.3 Å². The van der Waals surface area contributed by atoms with E-state index in [9.17, 15) is 9.59 Å². The van der Waals surface area contributed by atoms with E-state index in [1.807, 2.05) is 19.1 Å². The average Bonchev–Trinajstić information content (AvgIpc) is 3.04. The summed E-state index contributed by atoms with van der Waals surface area (Å²) in [6.45, 7) is 6.50. The van der Waals surface area contributed by atoms with Gasteiger partial charge in [-0.1, -0.05) is 17.4 Å². The van der Waals surface area contributed by atoms with Crippen LogP contribution in [-0.4, -0.2) is 48.1 Å². The van der Waals surface area contributed by atoms with Crippen LogP contribution in [0.25, 0.3) is 0 Å². The minimum Gasteiger partial charge on any atom is -0.378 e. The minimum atomic E-state index is -0.366. The molecule has 0 aromatic carbocycles. The monoisotopic (exact) mass is 375 g/mol. The Labute approximate surface area is 155 Å². The number of thiazole rings is 1. The van der Waals surface area contributed by atoms with Gasteiger partial charge in [-0.05, 0) is 25.5 Å². The van der Waals surface area contributed by atoms with E-state index < -0.39 is 0 Å². The Morgan fingerprint density at radius 1 is 1.23 bits per heavy atom. The van der Waals surface area contributed by atoms with Crippen LogP contribution in [0.3, 0.4) is 0 Å². The van der Waals surface area contributed by atoms with Crippen LogP contribution in [0.1, 0.15) is 26.6 Å². The molecule has 0 spiro atoms. The van der Waals surface area contributed by atoms with E-state index in [4.69, 9.17) is 4.74 Å². The molecular formula is C17H21N5O3S. The Balaban J connectivity index is 1.55. The zero-order valence-corrected chi connectivity index (χ0v) is 15.6. The van der Waals surface area contributed by atoms with Crippen molar-refractivity contribution in [1.29, 1.82) is 0 Å². The molecule has 138 valence electrons. The van der Waals surface area contributed by atoms with Gasteiger partial charge in [0.2, 0.25) is 5.91 Å². The molecule has 3 rings (SSSR count). The number of nitrogens with zero attached hydrogens (tertiary/aromatic N) is 3. The fraction of sp³-hybridized carbons (Fsp3) is 0.412. The molecule has 2 N–H and O–H groups in total. The van der Waals surface area contributed by atoms with Crippen molar-refractivity contribution >= 4 is 28.3 Å². The smallest absolute Gasteiger partial charge is 0.281 e. The topological polar surface area (TPSA) is 96.5 Å². The number of hydrogen-bond donors (Lipinski definition) is 2. The highest BCUT2D eigenvalue weighted by atomic mass is 32.1. The highest BCUT2D eigenvalue weighted by Crippen LogP contribution is 2.26. The number of hydrogen-bond acceptors (Lipinski definition) is 7. The van der Waals surface area contributed by atoms with Crippen molar-refractivity contribution in [3.63, 3.8) is 0 Å². The first-order valence-corrected chi connectivity index (χ1v) is 9.15. The van der Waals surface area contributed by atoms with E-state index in [1.54, 1.807) is 13.1 Å². The molecule has 3 heterocycles. The normalized spacial score (nSPS) is 14.2. The predicted molar refractivity (Wildman–Crippen MR) is 98.2 cm³/mol. The number of anilines is 1. The van der Waals surface area contributed by atoms with Crippen molar-refractivity contribution in [1.82, 2.24) is 20.8 Å². The van der Waals surface area contributed by atoms with Crippen LogP contribution in [0, 0.1) is 13.8 Å². The third-order valence-corrected chi connectivity index (χ3v) is 5.14. The van der Waals surface area contributed by atoms with Crippen molar-refractivity contribution in [3.8, 4) is 0 Å². The molecule has 0 saturated carbocycles. The second kappa shape index (κ2) is 8.24. The molecule has 0 aliphatic carbocycles. The zero-order chi connectivity index (χ0) is 18.5. The van der Waals surface area contributed by atoms with E-state index in [0.29, 0.717) is 23.8 Å². The van der Waals surface area contributed by atoms with E-state index in [1.165, 1.54) is 11.3 Å². The molecule has 1 saturated heterocycles. The number of morpholine rings is 1. The van der Waals surface area contributed by atoms with Gasteiger partial charge in [-0.25, -0.2) is 4.98 Å². The molecule has 2 amide bonds. The van der Waals surface area contributed by atoms with E-state index in [-0.39, 0.29) is 18.2 Å². The van der Waals surface area contributed by atoms with Gasteiger partial charge in [-0.15, -0.1) is 0 Å². The minimum absolute atomic E-state index is 0.147. The second-order valence-electron chi connectivity index (χ2n) is 6.00. The summed E-state index contributed by atoms with van der Waals surface area (Å²) in [5.74, 6) is -0.672. The van der Waals surface area contributed by atoms with Crippen LogP contribution in [0.5, 0.6) is 0 Å². The number of amides is 2. The summed E-state index contributed by atoms with van der Waals surface area (Å²) in [6.07, 6.45) is 1.80. The first kappa shape index (κ1) is 18.3. The average molecular weight is 375 g/mol. The summed E-state index contributed by atoms with van der Waals surface area (Å²) in [5.41, 5.74) is 7.21. The fourth-order valence-corrected chi connectivity index (χ4v) is 3.51. The summed E-state index contributed by atoms with van der Waals surface area (Å²) < 4.78 is 5.33. The van der Waals surface area contributed by atoms with Crippen LogP contribution in [0.2, 0.25) is 0 Å². The fourth-order valence-electron chi connectivity index (χ4n) is 2.50. The molecule has 0 bridgehead atoms.